The highest BCUT2D eigenvalue weighted by Crippen LogP contribution is 2.41. The normalized spacial score (nSPS) is 17.4. The van der Waals surface area contributed by atoms with Gasteiger partial charge in [0.15, 0.2) is 0 Å². The van der Waals surface area contributed by atoms with E-state index in [1.54, 1.807) is 57.2 Å². The van der Waals surface area contributed by atoms with Crippen molar-refractivity contribution in [2.45, 2.75) is 64.3 Å². The lowest BCUT2D eigenvalue weighted by atomic mass is 9.98. The van der Waals surface area contributed by atoms with E-state index < -0.39 is 41.6 Å². The third-order valence-electron chi connectivity index (χ3n) is 6.67. The maximum Gasteiger partial charge on any atom is 0.408 e. The van der Waals surface area contributed by atoms with Gasteiger partial charge in [0, 0.05) is 12.5 Å². The van der Waals surface area contributed by atoms with Crippen LogP contribution in [0.5, 0.6) is 5.75 Å². The zero-order valence-corrected chi connectivity index (χ0v) is 24.2. The Kier molecular flexibility index (Phi) is 10.2. The van der Waals surface area contributed by atoms with Gasteiger partial charge in [-0.15, -0.1) is 0 Å². The molecule has 0 bridgehead atoms. The number of carbonyl (C=O) groups is 4. The van der Waals surface area contributed by atoms with Gasteiger partial charge in [-0.2, -0.15) is 0 Å². The molecule has 2 aromatic carbocycles. The first-order valence-corrected chi connectivity index (χ1v) is 13.5. The summed E-state index contributed by atoms with van der Waals surface area (Å²) >= 11 is 0. The van der Waals surface area contributed by atoms with Gasteiger partial charge >= 0.3 is 12.1 Å². The Morgan fingerprint density at radius 1 is 1.15 bits per heavy atom. The van der Waals surface area contributed by atoms with Crippen LogP contribution in [0.4, 0.5) is 4.79 Å². The van der Waals surface area contributed by atoms with E-state index in [9.17, 15) is 24.3 Å². The zero-order valence-electron chi connectivity index (χ0n) is 24.2. The molecule has 3 amide bonds. The Morgan fingerprint density at radius 3 is 2.37 bits per heavy atom. The molecule has 0 radical (unpaired) electrons. The van der Waals surface area contributed by atoms with Gasteiger partial charge in [-0.1, -0.05) is 49.9 Å². The number of amides is 3. The summed E-state index contributed by atoms with van der Waals surface area (Å²) in [6.07, 6.45) is 1.60. The summed E-state index contributed by atoms with van der Waals surface area (Å²) in [5.74, 6) is -1.51. The van der Waals surface area contributed by atoms with Crippen molar-refractivity contribution in [3.63, 3.8) is 0 Å². The van der Waals surface area contributed by atoms with Crippen molar-refractivity contribution in [2.24, 2.45) is 5.92 Å². The lowest BCUT2D eigenvalue weighted by molar-refractivity contribution is -0.145. The molecular formula is C31H39N3O7. The summed E-state index contributed by atoms with van der Waals surface area (Å²) in [5, 5.41) is 15.0. The number of phenolic OH excluding ortho intramolecular Hbond substituents is 1. The largest absolute Gasteiger partial charge is 0.508 e. The van der Waals surface area contributed by atoms with E-state index in [-0.39, 0.29) is 30.7 Å². The number of nitrogens with one attached hydrogen (secondary N) is 2. The standard InChI is InChI=1S/C31H39N3O7/c1-7-20-9-8-10-22(16-20)27(28(37)32-18-26(36)40-6)34(25-15-19(25)2)29(38)24(33-30(39)41-31(3,4)5)17-21-11-13-23(35)14-12-21/h7-14,16,19,24-25,27,35H,1,15,17-18H2,2-6H3,(H,32,37)(H,33,39). The Hall–Kier alpha value is -4.34. The number of alkyl carbamates (subject to hydrolysis) is 1. The molecule has 41 heavy (non-hydrogen) atoms. The van der Waals surface area contributed by atoms with Gasteiger partial charge in [0.2, 0.25) is 11.8 Å². The van der Waals surface area contributed by atoms with Crippen LogP contribution in [0.15, 0.2) is 55.1 Å². The van der Waals surface area contributed by atoms with Gasteiger partial charge in [-0.05, 0) is 68.0 Å². The van der Waals surface area contributed by atoms with E-state index in [1.165, 1.54) is 24.1 Å². The maximum atomic E-state index is 14.4. The molecule has 10 nitrogen and oxygen atoms in total. The average Bonchev–Trinajstić information content (AvgIpc) is 3.64. The fourth-order valence-corrected chi connectivity index (χ4v) is 4.49. The second kappa shape index (κ2) is 13.3. The number of esters is 1. The number of nitrogens with zero attached hydrogens (tertiary/aromatic N) is 1. The number of benzene rings is 2. The van der Waals surface area contributed by atoms with Gasteiger partial charge in [-0.25, -0.2) is 4.79 Å². The number of carbonyl (C=O) groups excluding carboxylic acids is 4. The monoisotopic (exact) mass is 565 g/mol. The molecular weight excluding hydrogens is 526 g/mol. The van der Waals surface area contributed by atoms with Crippen molar-refractivity contribution >= 4 is 30.0 Å². The van der Waals surface area contributed by atoms with Crippen molar-refractivity contribution < 1.29 is 33.8 Å². The van der Waals surface area contributed by atoms with Crippen molar-refractivity contribution in [1.29, 1.82) is 0 Å². The third kappa shape index (κ3) is 8.83. The Morgan fingerprint density at radius 2 is 1.80 bits per heavy atom. The molecule has 0 heterocycles. The van der Waals surface area contributed by atoms with Crippen LogP contribution in [0.3, 0.4) is 0 Å². The molecule has 4 unspecified atom stereocenters. The first kappa shape index (κ1) is 31.2. The van der Waals surface area contributed by atoms with Crippen LogP contribution in [0.2, 0.25) is 0 Å². The fraction of sp³-hybridized carbons (Fsp3) is 0.419. The number of aromatic hydroxyl groups is 1. The maximum absolute atomic E-state index is 14.4. The minimum Gasteiger partial charge on any atom is -0.508 e. The zero-order chi connectivity index (χ0) is 30.3. The van der Waals surface area contributed by atoms with Gasteiger partial charge < -0.3 is 30.1 Å². The summed E-state index contributed by atoms with van der Waals surface area (Å²) < 4.78 is 10.1. The number of phenols is 1. The lowest BCUT2D eigenvalue weighted by Crippen LogP contribution is -2.55. The van der Waals surface area contributed by atoms with Crippen LogP contribution in [0, 0.1) is 5.92 Å². The predicted octanol–water partition coefficient (Wildman–Crippen LogP) is 3.74. The Labute approximate surface area is 240 Å². The number of methoxy groups -OCH3 is 1. The van der Waals surface area contributed by atoms with Gasteiger partial charge in [-0.3, -0.25) is 14.4 Å². The number of rotatable bonds is 11. The van der Waals surface area contributed by atoms with E-state index in [1.807, 2.05) is 13.0 Å². The van der Waals surface area contributed by atoms with Crippen molar-refractivity contribution in [2.75, 3.05) is 13.7 Å². The van der Waals surface area contributed by atoms with Gasteiger partial charge in [0.05, 0.1) is 7.11 Å². The highest BCUT2D eigenvalue weighted by Gasteiger charge is 2.48. The molecule has 2 aromatic rings. The quantitative estimate of drug-likeness (QED) is 0.354. The molecule has 0 aromatic heterocycles. The molecule has 1 aliphatic rings. The first-order valence-electron chi connectivity index (χ1n) is 13.5. The average molecular weight is 566 g/mol. The fourth-order valence-electron chi connectivity index (χ4n) is 4.49. The first-order chi connectivity index (χ1) is 19.3. The second-order valence-corrected chi connectivity index (χ2v) is 11.2. The number of hydrogen-bond acceptors (Lipinski definition) is 7. The van der Waals surface area contributed by atoms with Gasteiger partial charge in [0.1, 0.15) is 30.0 Å². The minimum atomic E-state index is -1.11. The van der Waals surface area contributed by atoms with E-state index in [0.29, 0.717) is 17.5 Å². The molecule has 0 saturated heterocycles. The van der Waals surface area contributed by atoms with Crippen molar-refractivity contribution in [3.05, 3.63) is 71.8 Å². The number of ether oxygens (including phenoxy) is 2. The third-order valence-corrected chi connectivity index (χ3v) is 6.67. The molecule has 4 atom stereocenters. The summed E-state index contributed by atoms with van der Waals surface area (Å²) in [5.41, 5.74) is 1.15. The van der Waals surface area contributed by atoms with Crippen LogP contribution >= 0.6 is 0 Å². The summed E-state index contributed by atoms with van der Waals surface area (Å²) in [6, 6.07) is 10.9. The van der Waals surface area contributed by atoms with Crippen molar-refractivity contribution in [3.8, 4) is 5.75 Å². The number of hydrogen-bond donors (Lipinski definition) is 3. The summed E-state index contributed by atoms with van der Waals surface area (Å²) in [7, 11) is 1.22. The molecule has 1 aliphatic carbocycles. The Bertz CT molecular complexity index is 1270. The minimum absolute atomic E-state index is 0.0644. The van der Waals surface area contributed by atoms with E-state index in [0.717, 1.165) is 5.56 Å². The van der Waals surface area contributed by atoms with E-state index >= 15 is 0 Å². The molecule has 1 saturated carbocycles. The predicted molar refractivity (Wildman–Crippen MR) is 154 cm³/mol. The molecule has 220 valence electrons. The second-order valence-electron chi connectivity index (χ2n) is 11.2. The van der Waals surface area contributed by atoms with E-state index in [2.05, 4.69) is 21.9 Å². The smallest absolute Gasteiger partial charge is 0.408 e. The topological polar surface area (TPSA) is 134 Å². The summed E-state index contributed by atoms with van der Waals surface area (Å²) in [4.78, 5) is 54.3. The SMILES string of the molecule is C=Cc1cccc(C(C(=O)NCC(=O)OC)N(C(=O)C(Cc2ccc(O)cc2)NC(=O)OC(C)(C)C)C2CC2C)c1. The summed E-state index contributed by atoms with van der Waals surface area (Å²) in [6.45, 7) is 10.6. The molecule has 0 aliphatic heterocycles. The highest BCUT2D eigenvalue weighted by atomic mass is 16.6. The van der Waals surface area contributed by atoms with Crippen LogP contribution in [0.1, 0.15) is 56.8 Å². The van der Waals surface area contributed by atoms with Gasteiger partial charge in [0.25, 0.3) is 0 Å². The molecule has 1 fully saturated rings. The van der Waals surface area contributed by atoms with Crippen molar-refractivity contribution in [1.82, 2.24) is 15.5 Å². The molecule has 10 heteroatoms. The van der Waals surface area contributed by atoms with E-state index in [4.69, 9.17) is 4.74 Å². The molecule has 0 spiro atoms. The molecule has 3 N–H and O–H groups in total. The van der Waals surface area contributed by atoms with Crippen LogP contribution in [-0.4, -0.2) is 65.2 Å². The molecule has 3 rings (SSSR count). The van der Waals surface area contributed by atoms with Crippen LogP contribution in [0.25, 0.3) is 6.08 Å². The van der Waals surface area contributed by atoms with Crippen LogP contribution in [-0.2, 0) is 30.3 Å². The van der Waals surface area contributed by atoms with Crippen LogP contribution < -0.4 is 10.6 Å². The Balaban J connectivity index is 2.05. The highest BCUT2D eigenvalue weighted by molar-refractivity contribution is 5.94. The lowest BCUT2D eigenvalue weighted by Gasteiger charge is -2.35.